The van der Waals surface area contributed by atoms with E-state index in [1.807, 2.05) is 0 Å². The lowest BCUT2D eigenvalue weighted by molar-refractivity contribution is 0.602. The van der Waals surface area contributed by atoms with Crippen LogP contribution in [0.2, 0.25) is 0 Å². The highest BCUT2D eigenvalue weighted by Gasteiger charge is 2.14. The molecule has 0 spiro atoms. The van der Waals surface area contributed by atoms with E-state index in [1.165, 1.54) is 0 Å². The van der Waals surface area contributed by atoms with Crippen LogP contribution < -0.4 is 0 Å². The molecular weight excluding hydrogens is 130 g/mol. The van der Waals surface area contributed by atoms with E-state index in [-0.39, 0.29) is 5.41 Å². The van der Waals surface area contributed by atoms with Crippen LogP contribution in [0.15, 0.2) is 11.7 Å². The van der Waals surface area contributed by atoms with Gasteiger partial charge in [-0.1, -0.05) is 20.8 Å². The molecule has 2 heteroatoms. The Morgan fingerprint density at radius 3 is 2.56 bits per heavy atom. The van der Waals surface area contributed by atoms with Gasteiger partial charge in [0.15, 0.2) is 0 Å². The molecular formula is C7H11NS. The first-order chi connectivity index (χ1) is 4.52. The Hall–Kier alpha value is -0.370. The molecule has 0 bridgehead atoms. The van der Waals surface area contributed by atoms with Crippen LogP contribution in [0.25, 0.3) is 0 Å². The fourth-order valence-corrected chi connectivity index (χ4v) is 1.20. The summed E-state index contributed by atoms with van der Waals surface area (Å²) in [7, 11) is 0. The molecule has 0 aliphatic heterocycles. The molecule has 0 saturated heterocycles. The molecule has 9 heavy (non-hydrogen) atoms. The molecule has 0 aliphatic rings. The summed E-state index contributed by atoms with van der Waals surface area (Å²) in [6, 6.07) is 0. The van der Waals surface area contributed by atoms with Gasteiger partial charge in [0.05, 0.1) is 6.88 Å². The molecule has 0 N–H and O–H groups in total. The summed E-state index contributed by atoms with van der Waals surface area (Å²) < 4.78 is 7.41. The highest BCUT2D eigenvalue weighted by molar-refractivity contribution is 7.09. The first kappa shape index (κ1) is 5.42. The monoisotopic (exact) mass is 142 g/mol. The first-order valence-corrected chi connectivity index (χ1v) is 3.80. The second-order valence-electron chi connectivity index (χ2n) is 3.04. The number of nitrogens with zero attached hydrogens (tertiary/aromatic N) is 1. The number of hydrogen-bond acceptors (Lipinski definition) is 2. The van der Waals surface area contributed by atoms with Crippen LogP contribution >= 0.6 is 11.3 Å². The third-order valence-corrected chi connectivity index (χ3v) is 2.22. The van der Waals surface area contributed by atoms with E-state index >= 15 is 0 Å². The van der Waals surface area contributed by atoms with Crippen molar-refractivity contribution in [3.8, 4) is 0 Å². The van der Waals surface area contributed by atoms with Crippen molar-refractivity contribution in [3.63, 3.8) is 0 Å². The Morgan fingerprint density at radius 1 is 1.67 bits per heavy atom. The Morgan fingerprint density at radius 2 is 2.33 bits per heavy atom. The van der Waals surface area contributed by atoms with Crippen molar-refractivity contribution in [2.45, 2.75) is 26.2 Å². The second kappa shape index (κ2) is 2.10. The van der Waals surface area contributed by atoms with Crippen LogP contribution in [0.5, 0.6) is 0 Å². The smallest absolute Gasteiger partial charge is 0.0852 e. The zero-order valence-electron chi connectivity index (χ0n) is 6.93. The molecule has 0 aliphatic carbocycles. The number of hydrogen-bond donors (Lipinski definition) is 0. The van der Waals surface area contributed by atoms with Gasteiger partial charge in [0.2, 0.25) is 0 Å². The SMILES string of the molecule is [2H]c1ncsc1C(C)(C)C. The molecule has 0 atom stereocenters. The van der Waals surface area contributed by atoms with Crippen LogP contribution in [-0.4, -0.2) is 4.98 Å². The largest absolute Gasteiger partial charge is 0.253 e. The average Bonchev–Trinajstić information content (AvgIpc) is 2.11. The van der Waals surface area contributed by atoms with E-state index < -0.39 is 0 Å². The van der Waals surface area contributed by atoms with Gasteiger partial charge in [0.1, 0.15) is 0 Å². The lowest BCUT2D eigenvalue weighted by atomic mass is 9.96. The molecule has 1 nitrogen and oxygen atoms in total. The predicted molar refractivity (Wildman–Crippen MR) is 40.8 cm³/mol. The maximum Gasteiger partial charge on any atom is 0.0852 e. The minimum atomic E-state index is 0.0816. The molecule has 0 aromatic carbocycles. The first-order valence-electron chi connectivity index (χ1n) is 3.42. The van der Waals surface area contributed by atoms with E-state index in [4.69, 9.17) is 1.37 Å². The summed E-state index contributed by atoms with van der Waals surface area (Å²) in [5.74, 6) is 0. The number of rotatable bonds is 0. The molecule has 0 saturated carbocycles. The summed E-state index contributed by atoms with van der Waals surface area (Å²) in [4.78, 5) is 4.93. The maximum absolute atomic E-state index is 7.41. The van der Waals surface area contributed by atoms with E-state index in [9.17, 15) is 0 Å². The Balaban J connectivity index is 3.05. The Labute approximate surface area is 61.2 Å². The van der Waals surface area contributed by atoms with E-state index in [2.05, 4.69) is 25.8 Å². The van der Waals surface area contributed by atoms with Gasteiger partial charge in [-0.15, -0.1) is 11.3 Å². The van der Waals surface area contributed by atoms with E-state index in [0.29, 0.717) is 6.17 Å². The maximum atomic E-state index is 7.41. The van der Waals surface area contributed by atoms with Gasteiger partial charge < -0.3 is 0 Å². The molecule has 0 amide bonds. The van der Waals surface area contributed by atoms with Crippen molar-refractivity contribution in [2.75, 3.05) is 0 Å². The topological polar surface area (TPSA) is 12.9 Å². The Bertz CT molecular complexity index is 224. The minimum Gasteiger partial charge on any atom is -0.253 e. The third-order valence-electron chi connectivity index (χ3n) is 1.07. The van der Waals surface area contributed by atoms with Crippen LogP contribution in [0.4, 0.5) is 0 Å². The van der Waals surface area contributed by atoms with E-state index in [0.717, 1.165) is 4.88 Å². The van der Waals surface area contributed by atoms with Gasteiger partial charge in [-0.3, -0.25) is 4.98 Å². The van der Waals surface area contributed by atoms with Crippen molar-refractivity contribution in [1.29, 1.82) is 0 Å². The lowest BCUT2D eigenvalue weighted by Gasteiger charge is -2.13. The molecule has 50 valence electrons. The second-order valence-corrected chi connectivity index (χ2v) is 3.90. The molecule has 1 heterocycles. The highest BCUT2D eigenvalue weighted by atomic mass is 32.1. The van der Waals surface area contributed by atoms with E-state index in [1.54, 1.807) is 16.8 Å². The van der Waals surface area contributed by atoms with Crippen molar-refractivity contribution >= 4 is 11.3 Å². The Kier molecular flexibility index (Phi) is 1.27. The third kappa shape index (κ3) is 1.52. The van der Waals surface area contributed by atoms with Gasteiger partial charge in [0, 0.05) is 11.1 Å². The summed E-state index contributed by atoms with van der Waals surface area (Å²) in [5, 5.41) is 0. The molecule has 1 rings (SSSR count). The van der Waals surface area contributed by atoms with Gasteiger partial charge in [-0.05, 0) is 5.41 Å². The summed E-state index contributed by atoms with van der Waals surface area (Å²) in [5.41, 5.74) is 1.81. The van der Waals surface area contributed by atoms with Crippen LogP contribution in [0.1, 0.15) is 27.0 Å². The van der Waals surface area contributed by atoms with Gasteiger partial charge in [-0.25, -0.2) is 0 Å². The number of aromatic nitrogens is 1. The van der Waals surface area contributed by atoms with Crippen LogP contribution in [-0.2, 0) is 5.41 Å². The minimum absolute atomic E-state index is 0.0816. The molecule has 1 aromatic rings. The van der Waals surface area contributed by atoms with Gasteiger partial charge in [0.25, 0.3) is 0 Å². The molecule has 0 unspecified atom stereocenters. The normalized spacial score (nSPS) is 13.4. The van der Waals surface area contributed by atoms with Gasteiger partial charge in [-0.2, -0.15) is 0 Å². The molecule has 1 aromatic heterocycles. The quantitative estimate of drug-likeness (QED) is 0.542. The summed E-state index contributed by atoms with van der Waals surface area (Å²) in [6.45, 7) is 6.29. The average molecular weight is 142 g/mol. The molecule has 0 radical (unpaired) electrons. The fourth-order valence-electron chi connectivity index (χ4n) is 0.535. The highest BCUT2D eigenvalue weighted by Crippen LogP contribution is 2.24. The zero-order chi connectivity index (χ0) is 7.78. The van der Waals surface area contributed by atoms with Crippen molar-refractivity contribution in [2.24, 2.45) is 0 Å². The summed E-state index contributed by atoms with van der Waals surface area (Å²) >= 11 is 1.56. The molecule has 0 fully saturated rings. The van der Waals surface area contributed by atoms with Crippen molar-refractivity contribution in [3.05, 3.63) is 16.6 Å². The lowest BCUT2D eigenvalue weighted by Crippen LogP contribution is -2.07. The van der Waals surface area contributed by atoms with Crippen LogP contribution in [0, 0.1) is 0 Å². The zero-order valence-corrected chi connectivity index (χ0v) is 6.75. The van der Waals surface area contributed by atoms with Gasteiger partial charge >= 0.3 is 0 Å². The predicted octanol–water partition coefficient (Wildman–Crippen LogP) is 2.44. The van der Waals surface area contributed by atoms with Crippen molar-refractivity contribution < 1.29 is 1.37 Å². The fraction of sp³-hybridized carbons (Fsp3) is 0.571. The standard InChI is InChI=1S/C7H11NS/c1-7(2,3)6-4-8-5-9-6/h4-5H,1-3H3/i4D. The van der Waals surface area contributed by atoms with Crippen molar-refractivity contribution in [1.82, 2.24) is 4.98 Å². The number of thiazole rings is 1. The summed E-state index contributed by atoms with van der Waals surface area (Å²) in [6.07, 6.45) is 0.428. The van der Waals surface area contributed by atoms with Crippen LogP contribution in [0.3, 0.4) is 0 Å².